The van der Waals surface area contributed by atoms with Crippen molar-refractivity contribution >= 4 is 75.9 Å². The molecule has 5 N–H and O–H groups in total. The van der Waals surface area contributed by atoms with Gasteiger partial charge in [0.2, 0.25) is 0 Å². The van der Waals surface area contributed by atoms with E-state index in [9.17, 15) is 25.9 Å². The largest absolute Gasteiger partial charge is 0.355 e. The van der Waals surface area contributed by atoms with E-state index in [-0.39, 0.29) is 15.5 Å². The van der Waals surface area contributed by atoms with Crippen molar-refractivity contribution in [3.8, 4) is 0 Å². The molecule has 0 saturated heterocycles. The molecule has 226 valence electrons. The lowest BCUT2D eigenvalue weighted by molar-refractivity contribution is 0.481. The summed E-state index contributed by atoms with van der Waals surface area (Å²) in [4.78, 5) is -0.515. The van der Waals surface area contributed by atoms with E-state index < -0.39 is 20.2 Å². The normalized spacial score (nSPS) is 12.0. The van der Waals surface area contributed by atoms with Gasteiger partial charge in [-0.25, -0.2) is 0 Å². The van der Waals surface area contributed by atoms with Crippen LogP contribution in [0.2, 0.25) is 0 Å². The first-order valence-electron chi connectivity index (χ1n) is 13.5. The summed E-state index contributed by atoms with van der Waals surface area (Å²) in [5.74, 6) is 0. The molecule has 0 amide bonds. The Morgan fingerprint density at radius 2 is 1.16 bits per heavy atom. The average molecular weight is 640 g/mol. The molecule has 0 unspecified atom stereocenters. The molecule has 11 nitrogen and oxygen atoms in total. The zero-order valence-corrected chi connectivity index (χ0v) is 24.9. The van der Waals surface area contributed by atoms with Gasteiger partial charge in [0.15, 0.2) is 0 Å². The molecular weight excluding hydrogens is 615 g/mol. The third-order valence-corrected chi connectivity index (χ3v) is 8.70. The monoisotopic (exact) mass is 639 g/mol. The predicted molar refractivity (Wildman–Crippen MR) is 175 cm³/mol. The number of nitrogens with one attached hydrogen (secondary N) is 3. The molecule has 0 saturated carbocycles. The van der Waals surface area contributed by atoms with Gasteiger partial charge in [0.1, 0.15) is 4.90 Å². The highest BCUT2D eigenvalue weighted by Crippen LogP contribution is 2.37. The number of azo groups is 1. The third kappa shape index (κ3) is 6.46. The van der Waals surface area contributed by atoms with E-state index in [0.717, 1.165) is 16.5 Å². The first kappa shape index (κ1) is 29.7. The molecule has 0 aliphatic heterocycles. The van der Waals surface area contributed by atoms with Crippen molar-refractivity contribution in [2.75, 3.05) is 16.2 Å². The van der Waals surface area contributed by atoms with E-state index in [4.69, 9.17) is 0 Å². The molecule has 0 aromatic heterocycles. The van der Waals surface area contributed by atoms with Crippen molar-refractivity contribution in [1.29, 1.82) is 0 Å². The van der Waals surface area contributed by atoms with Gasteiger partial charge in [0.25, 0.3) is 20.2 Å². The van der Waals surface area contributed by atoms with Crippen molar-refractivity contribution in [3.63, 3.8) is 0 Å². The standard InChI is InChI=1S/C32H25N5O6S2/c38-44(39,40)23-11-6-10-22(20-23)34-35-27-16-17-28(25-13-5-4-12-24(25)27)36-37-29-18-19-30(33-21-8-2-1-3-9-21)32-26(29)14-7-15-31(32)45(41,42)43/h1-20,33,36-37H,(H,38,39,40)(H,41,42,43). The van der Waals surface area contributed by atoms with E-state index >= 15 is 0 Å². The fourth-order valence-electron chi connectivity index (χ4n) is 4.91. The van der Waals surface area contributed by atoms with Gasteiger partial charge in [-0.3, -0.25) is 9.11 Å². The van der Waals surface area contributed by atoms with Crippen LogP contribution in [-0.4, -0.2) is 25.9 Å². The minimum Gasteiger partial charge on any atom is -0.355 e. The van der Waals surface area contributed by atoms with Gasteiger partial charge in [0, 0.05) is 32.9 Å². The first-order valence-corrected chi connectivity index (χ1v) is 16.3. The number of hydrogen-bond acceptors (Lipinski definition) is 9. The number of benzene rings is 6. The Bertz CT molecular complexity index is 2310. The molecule has 6 aromatic carbocycles. The van der Waals surface area contributed by atoms with Crippen LogP contribution in [-0.2, 0) is 20.2 Å². The Hall–Kier alpha value is -5.34. The molecule has 0 heterocycles. The summed E-state index contributed by atoms with van der Waals surface area (Å²) >= 11 is 0. The number of anilines is 4. The van der Waals surface area contributed by atoms with Crippen LogP contribution in [0.5, 0.6) is 0 Å². The minimum absolute atomic E-state index is 0.232. The fraction of sp³-hybridized carbons (Fsp3) is 0. The van der Waals surface area contributed by atoms with Crippen LogP contribution in [0, 0.1) is 0 Å². The molecular formula is C32H25N5O6S2. The molecule has 0 bridgehead atoms. The SMILES string of the molecule is O=S(=O)(O)c1cccc(N=Nc2ccc(NNc3ccc(Nc4ccccc4)c4c(S(=O)(=O)O)cccc34)c3ccccc23)c1. The second kappa shape index (κ2) is 12.0. The van der Waals surface area contributed by atoms with E-state index in [2.05, 4.69) is 26.4 Å². The zero-order valence-electron chi connectivity index (χ0n) is 23.3. The maximum absolute atomic E-state index is 12.4. The molecule has 0 spiro atoms. The Morgan fingerprint density at radius 3 is 1.89 bits per heavy atom. The van der Waals surface area contributed by atoms with E-state index in [0.29, 0.717) is 33.5 Å². The predicted octanol–water partition coefficient (Wildman–Crippen LogP) is 8.08. The highest BCUT2D eigenvalue weighted by Gasteiger charge is 2.19. The average Bonchev–Trinajstić information content (AvgIpc) is 3.03. The van der Waals surface area contributed by atoms with Crippen LogP contribution in [0.3, 0.4) is 0 Å². The number of rotatable bonds is 9. The zero-order chi connectivity index (χ0) is 31.6. The molecule has 6 rings (SSSR count). The maximum atomic E-state index is 12.4. The second-order valence-corrected chi connectivity index (χ2v) is 12.7. The molecule has 0 fully saturated rings. The Morgan fingerprint density at radius 1 is 0.533 bits per heavy atom. The lowest BCUT2D eigenvalue weighted by Gasteiger charge is -2.18. The summed E-state index contributed by atoms with van der Waals surface area (Å²) in [6.07, 6.45) is 0. The summed E-state index contributed by atoms with van der Waals surface area (Å²) in [6, 6.07) is 34.0. The summed E-state index contributed by atoms with van der Waals surface area (Å²) in [7, 11) is -8.93. The molecule has 0 radical (unpaired) electrons. The fourth-order valence-corrected chi connectivity index (χ4v) is 6.16. The van der Waals surface area contributed by atoms with Gasteiger partial charge in [-0.15, -0.1) is 5.11 Å². The summed E-state index contributed by atoms with van der Waals surface area (Å²) in [5.41, 5.74) is 9.63. The third-order valence-electron chi connectivity index (χ3n) is 6.95. The molecule has 6 aromatic rings. The second-order valence-electron chi connectivity index (χ2n) is 9.91. The minimum atomic E-state index is -4.55. The Labute approximate surface area is 258 Å². The topological polar surface area (TPSA) is 170 Å². The van der Waals surface area contributed by atoms with Crippen molar-refractivity contribution in [2.24, 2.45) is 10.2 Å². The van der Waals surface area contributed by atoms with Gasteiger partial charge in [-0.1, -0.05) is 60.7 Å². The van der Waals surface area contributed by atoms with Gasteiger partial charge < -0.3 is 16.2 Å². The molecule has 0 aliphatic carbocycles. The van der Waals surface area contributed by atoms with Crippen LogP contribution in [0.15, 0.2) is 141 Å². The highest BCUT2D eigenvalue weighted by atomic mass is 32.2. The lowest BCUT2D eigenvalue weighted by atomic mass is 10.1. The summed E-state index contributed by atoms with van der Waals surface area (Å²) in [6.45, 7) is 0. The van der Waals surface area contributed by atoms with Crippen molar-refractivity contribution < 1.29 is 25.9 Å². The molecule has 13 heteroatoms. The van der Waals surface area contributed by atoms with Crippen molar-refractivity contribution in [2.45, 2.75) is 9.79 Å². The molecule has 0 atom stereocenters. The Kier molecular flexibility index (Phi) is 7.91. The number of hydrogen-bond donors (Lipinski definition) is 5. The number of hydrazine groups is 1. The van der Waals surface area contributed by atoms with Gasteiger partial charge >= 0.3 is 0 Å². The number of fused-ring (bicyclic) bond motifs is 2. The van der Waals surface area contributed by atoms with E-state index in [1.54, 1.807) is 42.5 Å². The van der Waals surface area contributed by atoms with Crippen LogP contribution >= 0.6 is 0 Å². The Balaban J connectivity index is 1.34. The summed E-state index contributed by atoms with van der Waals surface area (Å²) in [5, 5.41) is 14.1. The smallest absolute Gasteiger partial charge is 0.295 e. The van der Waals surface area contributed by atoms with Crippen LogP contribution < -0.4 is 16.2 Å². The number of nitrogens with zero attached hydrogens (tertiary/aromatic N) is 2. The van der Waals surface area contributed by atoms with Gasteiger partial charge in [-0.05, 0) is 60.7 Å². The van der Waals surface area contributed by atoms with E-state index in [1.807, 2.05) is 54.6 Å². The van der Waals surface area contributed by atoms with Crippen molar-refractivity contribution in [1.82, 2.24) is 0 Å². The van der Waals surface area contributed by atoms with Gasteiger partial charge in [-0.2, -0.15) is 21.9 Å². The summed E-state index contributed by atoms with van der Waals surface area (Å²) < 4.78 is 67.1. The van der Waals surface area contributed by atoms with Crippen molar-refractivity contribution in [3.05, 3.63) is 121 Å². The molecule has 0 aliphatic rings. The van der Waals surface area contributed by atoms with Crippen LogP contribution in [0.4, 0.5) is 34.1 Å². The van der Waals surface area contributed by atoms with Gasteiger partial charge in [0.05, 0.1) is 27.6 Å². The van der Waals surface area contributed by atoms with E-state index in [1.165, 1.54) is 24.3 Å². The van der Waals surface area contributed by atoms with Crippen LogP contribution in [0.25, 0.3) is 21.5 Å². The highest BCUT2D eigenvalue weighted by molar-refractivity contribution is 7.86. The molecule has 45 heavy (non-hydrogen) atoms. The first-order chi connectivity index (χ1) is 21.6. The van der Waals surface area contributed by atoms with Crippen LogP contribution in [0.1, 0.15) is 0 Å². The quantitative estimate of drug-likeness (QED) is 0.0596. The maximum Gasteiger partial charge on any atom is 0.295 e. The lowest BCUT2D eigenvalue weighted by Crippen LogP contribution is -2.10. The number of para-hydroxylation sites is 1.